The van der Waals surface area contributed by atoms with Gasteiger partial charge in [0.2, 0.25) is 5.67 Å². The van der Waals surface area contributed by atoms with Gasteiger partial charge < -0.3 is 4.74 Å². The summed E-state index contributed by atoms with van der Waals surface area (Å²) in [6, 6.07) is 0. The van der Waals surface area contributed by atoms with Gasteiger partial charge in [0, 0.05) is 5.41 Å². The molecule has 1 unspecified atom stereocenters. The topological polar surface area (TPSA) is 26.3 Å². The Morgan fingerprint density at radius 3 is 2.16 bits per heavy atom. The number of hydrogen-bond donors (Lipinski definition) is 0. The molecule has 0 amide bonds. The Kier molecular flexibility index (Phi) is 7.32. The molecule has 0 N–H and O–H groups in total. The highest BCUT2D eigenvalue weighted by Gasteiger charge is 2.48. The smallest absolute Gasteiger partial charge is 0.348 e. The Bertz CT molecular complexity index is 311. The minimum atomic E-state index is -2.06. The molecule has 0 aromatic heterocycles. The van der Waals surface area contributed by atoms with Crippen LogP contribution >= 0.6 is 0 Å². The highest BCUT2D eigenvalue weighted by molar-refractivity contribution is 5.83. The summed E-state index contributed by atoms with van der Waals surface area (Å²) in [7, 11) is 0. The van der Waals surface area contributed by atoms with Gasteiger partial charge in [0.1, 0.15) is 0 Å². The minimum absolute atomic E-state index is 0.303. The van der Waals surface area contributed by atoms with Crippen LogP contribution in [0.4, 0.5) is 4.39 Å². The third kappa shape index (κ3) is 5.75. The normalized spacial score (nSPS) is 14.7. The second-order valence-electron chi connectivity index (χ2n) is 6.38. The Labute approximate surface area is 117 Å². The average Bonchev–Trinajstić information content (AvgIpc) is 2.25. The number of esters is 1. The van der Waals surface area contributed by atoms with Crippen LogP contribution in [0.5, 0.6) is 0 Å². The van der Waals surface area contributed by atoms with Crippen LogP contribution in [0.25, 0.3) is 0 Å². The molecule has 0 fully saturated rings. The van der Waals surface area contributed by atoms with Gasteiger partial charge in [-0.3, -0.25) is 0 Å². The van der Waals surface area contributed by atoms with Gasteiger partial charge in [0.15, 0.2) is 0 Å². The molecule has 0 saturated heterocycles. The maximum absolute atomic E-state index is 15.0. The summed E-state index contributed by atoms with van der Waals surface area (Å²) in [5, 5.41) is 0. The predicted octanol–water partition coefficient (Wildman–Crippen LogP) is 4.83. The number of carbonyl (C=O) groups is 1. The van der Waals surface area contributed by atoms with E-state index in [1.165, 1.54) is 6.08 Å². The van der Waals surface area contributed by atoms with Gasteiger partial charge in [-0.15, -0.1) is 0 Å². The van der Waals surface area contributed by atoms with E-state index in [-0.39, 0.29) is 0 Å². The fourth-order valence-corrected chi connectivity index (χ4v) is 1.78. The lowest BCUT2D eigenvalue weighted by Crippen LogP contribution is -2.45. The summed E-state index contributed by atoms with van der Waals surface area (Å²) in [5.41, 5.74) is -2.10. The SMILES string of the molecule is CCCCCCOC(=O)C(F)(C=C(C)C)C(C)(C)C. The Balaban J connectivity index is 4.64. The molecule has 19 heavy (non-hydrogen) atoms. The van der Waals surface area contributed by atoms with Gasteiger partial charge in [-0.1, -0.05) is 52.5 Å². The number of unbranched alkanes of at least 4 members (excludes halogenated alkanes) is 3. The number of rotatable bonds is 7. The molecular formula is C16H29FO2. The van der Waals surface area contributed by atoms with E-state index in [9.17, 15) is 9.18 Å². The molecule has 0 aliphatic rings. The third-order valence-electron chi connectivity index (χ3n) is 3.11. The van der Waals surface area contributed by atoms with Gasteiger partial charge in [-0.2, -0.15) is 0 Å². The van der Waals surface area contributed by atoms with Crippen molar-refractivity contribution in [3.05, 3.63) is 11.6 Å². The number of alkyl halides is 1. The molecule has 0 bridgehead atoms. The van der Waals surface area contributed by atoms with E-state index in [4.69, 9.17) is 4.74 Å². The van der Waals surface area contributed by atoms with E-state index in [0.717, 1.165) is 31.3 Å². The van der Waals surface area contributed by atoms with Gasteiger partial charge in [0.25, 0.3) is 0 Å². The van der Waals surface area contributed by atoms with Crippen LogP contribution in [-0.2, 0) is 9.53 Å². The molecule has 0 aliphatic carbocycles. The van der Waals surface area contributed by atoms with Gasteiger partial charge in [0.05, 0.1) is 6.61 Å². The Morgan fingerprint density at radius 2 is 1.74 bits per heavy atom. The van der Waals surface area contributed by atoms with E-state index in [2.05, 4.69) is 6.92 Å². The van der Waals surface area contributed by atoms with Crippen LogP contribution in [0.2, 0.25) is 0 Å². The lowest BCUT2D eigenvalue weighted by atomic mass is 9.77. The second-order valence-corrected chi connectivity index (χ2v) is 6.38. The quantitative estimate of drug-likeness (QED) is 0.377. The minimum Gasteiger partial charge on any atom is -0.463 e. The van der Waals surface area contributed by atoms with Gasteiger partial charge >= 0.3 is 5.97 Å². The first-order valence-corrected chi connectivity index (χ1v) is 7.17. The Morgan fingerprint density at radius 1 is 1.16 bits per heavy atom. The van der Waals surface area contributed by atoms with E-state index in [0.29, 0.717) is 6.61 Å². The van der Waals surface area contributed by atoms with Crippen LogP contribution in [0.15, 0.2) is 11.6 Å². The fourth-order valence-electron chi connectivity index (χ4n) is 1.78. The standard InChI is InChI=1S/C16H29FO2/c1-7-8-9-10-11-19-14(18)16(17,12-13(2)3)15(4,5)6/h12H,7-11H2,1-6H3. The number of carbonyl (C=O) groups excluding carboxylic acids is 1. The number of ether oxygens (including phenoxy) is 1. The largest absolute Gasteiger partial charge is 0.463 e. The van der Waals surface area contributed by atoms with Crippen LogP contribution in [0.1, 0.15) is 67.2 Å². The lowest BCUT2D eigenvalue weighted by molar-refractivity contribution is -0.161. The van der Waals surface area contributed by atoms with Crippen molar-refractivity contribution in [3.8, 4) is 0 Å². The van der Waals surface area contributed by atoms with E-state index < -0.39 is 17.1 Å². The van der Waals surface area contributed by atoms with Gasteiger partial charge in [-0.05, 0) is 26.3 Å². The molecular weight excluding hydrogens is 243 g/mol. The molecule has 2 nitrogen and oxygen atoms in total. The summed E-state index contributed by atoms with van der Waals surface area (Å²) in [6.45, 7) is 11.1. The molecule has 0 aromatic rings. The Hall–Kier alpha value is -0.860. The van der Waals surface area contributed by atoms with Crippen molar-refractivity contribution in [1.29, 1.82) is 0 Å². The first-order chi connectivity index (χ1) is 8.65. The molecule has 0 rings (SSSR count). The second kappa shape index (κ2) is 7.66. The van der Waals surface area contributed by atoms with Crippen molar-refractivity contribution in [2.75, 3.05) is 6.61 Å². The highest BCUT2D eigenvalue weighted by Crippen LogP contribution is 2.37. The predicted molar refractivity (Wildman–Crippen MR) is 77.8 cm³/mol. The molecule has 0 spiro atoms. The third-order valence-corrected chi connectivity index (χ3v) is 3.11. The van der Waals surface area contributed by atoms with E-state index in [1.807, 2.05) is 0 Å². The number of hydrogen-bond acceptors (Lipinski definition) is 2. The number of allylic oxidation sites excluding steroid dienone is 1. The van der Waals surface area contributed by atoms with Crippen molar-refractivity contribution in [2.24, 2.45) is 5.41 Å². The van der Waals surface area contributed by atoms with Crippen molar-refractivity contribution in [3.63, 3.8) is 0 Å². The molecule has 0 aliphatic heterocycles. The molecule has 0 radical (unpaired) electrons. The van der Waals surface area contributed by atoms with Crippen LogP contribution in [0, 0.1) is 5.41 Å². The van der Waals surface area contributed by atoms with Crippen molar-refractivity contribution >= 4 is 5.97 Å². The maximum Gasteiger partial charge on any atom is 0.348 e. The molecule has 0 aromatic carbocycles. The zero-order valence-corrected chi connectivity index (χ0v) is 13.3. The monoisotopic (exact) mass is 272 g/mol. The fraction of sp³-hybridized carbons (Fsp3) is 0.812. The molecule has 0 heterocycles. The zero-order chi connectivity index (χ0) is 15.1. The van der Waals surface area contributed by atoms with Crippen LogP contribution < -0.4 is 0 Å². The van der Waals surface area contributed by atoms with E-state index in [1.54, 1.807) is 34.6 Å². The lowest BCUT2D eigenvalue weighted by Gasteiger charge is -2.33. The van der Waals surface area contributed by atoms with Crippen LogP contribution in [-0.4, -0.2) is 18.2 Å². The molecule has 3 heteroatoms. The van der Waals surface area contributed by atoms with Crippen molar-refractivity contribution < 1.29 is 13.9 Å². The molecule has 1 atom stereocenters. The van der Waals surface area contributed by atoms with Crippen LogP contribution in [0.3, 0.4) is 0 Å². The summed E-state index contributed by atoms with van der Waals surface area (Å²) < 4.78 is 20.1. The van der Waals surface area contributed by atoms with E-state index >= 15 is 0 Å². The summed E-state index contributed by atoms with van der Waals surface area (Å²) in [4.78, 5) is 12.0. The summed E-state index contributed by atoms with van der Waals surface area (Å²) in [5.74, 6) is -0.766. The first-order valence-electron chi connectivity index (χ1n) is 7.17. The first kappa shape index (κ1) is 18.1. The zero-order valence-electron chi connectivity index (χ0n) is 13.3. The number of halogens is 1. The van der Waals surface area contributed by atoms with Crippen molar-refractivity contribution in [1.82, 2.24) is 0 Å². The maximum atomic E-state index is 15.0. The molecule has 0 saturated carbocycles. The summed E-state index contributed by atoms with van der Waals surface area (Å²) in [6.07, 6.45) is 5.43. The molecule has 112 valence electrons. The average molecular weight is 272 g/mol. The highest BCUT2D eigenvalue weighted by atomic mass is 19.1. The summed E-state index contributed by atoms with van der Waals surface area (Å²) >= 11 is 0. The van der Waals surface area contributed by atoms with Gasteiger partial charge in [-0.25, -0.2) is 9.18 Å². The van der Waals surface area contributed by atoms with Crippen molar-refractivity contribution in [2.45, 2.75) is 72.9 Å².